The van der Waals surface area contributed by atoms with Crippen LogP contribution < -0.4 is 9.47 Å². The molecular weight excluding hydrogens is 363 g/mol. The zero-order valence-electron chi connectivity index (χ0n) is 12.9. The molecule has 0 aliphatic carbocycles. The van der Waals surface area contributed by atoms with Gasteiger partial charge in [-0.25, -0.2) is 9.78 Å². The Balaban J connectivity index is 2.10. The number of ether oxygens (including phenoxy) is 2. The summed E-state index contributed by atoms with van der Waals surface area (Å²) in [4.78, 5) is 14.5. The van der Waals surface area contributed by atoms with E-state index in [0.29, 0.717) is 18.4 Å². The van der Waals surface area contributed by atoms with Crippen molar-refractivity contribution in [2.24, 2.45) is 0 Å². The van der Waals surface area contributed by atoms with Gasteiger partial charge in [0, 0.05) is 6.20 Å². The van der Waals surface area contributed by atoms with Crippen molar-refractivity contribution in [3.63, 3.8) is 0 Å². The first kappa shape index (κ1) is 18.9. The van der Waals surface area contributed by atoms with E-state index < -0.39 is 23.8 Å². The number of benzene rings is 1. The lowest BCUT2D eigenvalue weighted by Gasteiger charge is -2.14. The highest BCUT2D eigenvalue weighted by atomic mass is 35.5. The van der Waals surface area contributed by atoms with Gasteiger partial charge < -0.3 is 14.6 Å². The standard InChI is InChI=1S/C16H13ClF3NO4/c1-2-13(15(22)23)24-10-3-5-11(6-4-10)25-14-12(17)7-9(8-21-14)16(18,19)20/h3-8,13H,2H2,1H3,(H,22,23). The van der Waals surface area contributed by atoms with Gasteiger partial charge in [0.1, 0.15) is 16.5 Å². The highest BCUT2D eigenvalue weighted by Gasteiger charge is 2.31. The van der Waals surface area contributed by atoms with Crippen molar-refractivity contribution in [1.29, 1.82) is 0 Å². The molecule has 25 heavy (non-hydrogen) atoms. The Bertz CT molecular complexity index is 750. The van der Waals surface area contributed by atoms with E-state index in [0.717, 1.165) is 6.07 Å². The molecule has 2 aromatic rings. The molecule has 134 valence electrons. The number of pyridine rings is 1. The number of halogens is 4. The number of carboxylic acid groups (broad SMARTS) is 1. The van der Waals surface area contributed by atoms with Gasteiger partial charge in [0.25, 0.3) is 0 Å². The summed E-state index contributed by atoms with van der Waals surface area (Å²) in [5, 5.41) is 8.66. The number of carboxylic acids is 1. The summed E-state index contributed by atoms with van der Waals surface area (Å²) in [6.45, 7) is 1.68. The smallest absolute Gasteiger partial charge is 0.417 e. The molecule has 1 heterocycles. The van der Waals surface area contributed by atoms with Gasteiger partial charge in [-0.3, -0.25) is 0 Å². The molecule has 5 nitrogen and oxygen atoms in total. The van der Waals surface area contributed by atoms with Crippen LogP contribution >= 0.6 is 11.6 Å². The first-order valence-corrected chi connectivity index (χ1v) is 7.48. The maximum Gasteiger partial charge on any atom is 0.417 e. The number of nitrogens with zero attached hydrogens (tertiary/aromatic N) is 1. The molecular formula is C16H13ClF3NO4. The zero-order chi connectivity index (χ0) is 18.6. The van der Waals surface area contributed by atoms with Crippen molar-refractivity contribution in [2.75, 3.05) is 0 Å². The summed E-state index contributed by atoms with van der Waals surface area (Å²) >= 11 is 5.76. The van der Waals surface area contributed by atoms with Gasteiger partial charge in [-0.2, -0.15) is 13.2 Å². The molecule has 9 heteroatoms. The lowest BCUT2D eigenvalue weighted by Crippen LogP contribution is -2.25. The first-order valence-electron chi connectivity index (χ1n) is 7.10. The Hall–Kier alpha value is -2.48. The lowest BCUT2D eigenvalue weighted by atomic mass is 10.2. The largest absolute Gasteiger partial charge is 0.479 e. The molecule has 1 aromatic heterocycles. The molecule has 0 fully saturated rings. The second-order valence-corrected chi connectivity index (χ2v) is 5.34. The minimum atomic E-state index is -4.55. The predicted molar refractivity (Wildman–Crippen MR) is 83.1 cm³/mol. The van der Waals surface area contributed by atoms with Crippen LogP contribution in [0.15, 0.2) is 36.5 Å². The second-order valence-electron chi connectivity index (χ2n) is 4.94. The predicted octanol–water partition coefficient (Wildman–Crippen LogP) is 4.79. The van der Waals surface area contributed by atoms with E-state index in [1.54, 1.807) is 6.92 Å². The second kappa shape index (κ2) is 7.60. The van der Waals surface area contributed by atoms with Crippen LogP contribution in [0.1, 0.15) is 18.9 Å². The summed E-state index contributed by atoms with van der Waals surface area (Å²) in [6, 6.07) is 6.58. The highest BCUT2D eigenvalue weighted by molar-refractivity contribution is 6.31. The van der Waals surface area contributed by atoms with Gasteiger partial charge in [0.2, 0.25) is 5.88 Å². The maximum absolute atomic E-state index is 12.6. The molecule has 1 unspecified atom stereocenters. The van der Waals surface area contributed by atoms with Crippen molar-refractivity contribution >= 4 is 17.6 Å². The third kappa shape index (κ3) is 4.99. The molecule has 0 aliphatic heterocycles. The lowest BCUT2D eigenvalue weighted by molar-refractivity contribution is -0.145. The van der Waals surface area contributed by atoms with E-state index >= 15 is 0 Å². The average molecular weight is 376 g/mol. The molecule has 0 saturated carbocycles. The molecule has 1 N–H and O–H groups in total. The normalized spacial score (nSPS) is 12.5. The van der Waals surface area contributed by atoms with Crippen LogP contribution in [0.2, 0.25) is 5.02 Å². The monoisotopic (exact) mass is 375 g/mol. The van der Waals surface area contributed by atoms with Crippen LogP contribution in [0.5, 0.6) is 17.4 Å². The third-order valence-electron chi connectivity index (χ3n) is 3.10. The van der Waals surface area contributed by atoms with Crippen LogP contribution in [0.25, 0.3) is 0 Å². The van der Waals surface area contributed by atoms with E-state index in [1.165, 1.54) is 24.3 Å². The molecule has 1 aromatic carbocycles. The molecule has 1 atom stereocenters. The fraction of sp³-hybridized carbons (Fsp3) is 0.250. The van der Waals surface area contributed by atoms with Gasteiger partial charge in [-0.15, -0.1) is 0 Å². The van der Waals surface area contributed by atoms with E-state index in [9.17, 15) is 18.0 Å². The Kier molecular flexibility index (Phi) is 5.73. The van der Waals surface area contributed by atoms with Crippen molar-refractivity contribution in [3.8, 4) is 17.4 Å². The Morgan fingerprint density at radius 2 is 1.88 bits per heavy atom. The topological polar surface area (TPSA) is 68.7 Å². The summed E-state index contributed by atoms with van der Waals surface area (Å²) in [7, 11) is 0. The SMILES string of the molecule is CCC(Oc1ccc(Oc2ncc(C(F)(F)F)cc2Cl)cc1)C(=O)O. The van der Waals surface area contributed by atoms with Crippen molar-refractivity contribution in [2.45, 2.75) is 25.6 Å². The maximum atomic E-state index is 12.6. The van der Waals surface area contributed by atoms with Gasteiger partial charge in [-0.05, 0) is 36.8 Å². The third-order valence-corrected chi connectivity index (χ3v) is 3.37. The number of aliphatic carboxylic acids is 1. The molecule has 0 bridgehead atoms. The minimum Gasteiger partial charge on any atom is -0.479 e. The zero-order valence-corrected chi connectivity index (χ0v) is 13.6. The van der Waals surface area contributed by atoms with Gasteiger partial charge >= 0.3 is 12.1 Å². The number of carbonyl (C=O) groups is 1. The van der Waals surface area contributed by atoms with Gasteiger partial charge in [0.15, 0.2) is 6.10 Å². The van der Waals surface area contributed by atoms with E-state index in [4.69, 9.17) is 26.2 Å². The number of rotatable bonds is 6. The van der Waals surface area contributed by atoms with Crippen LogP contribution in [0.3, 0.4) is 0 Å². The van der Waals surface area contributed by atoms with Crippen molar-refractivity contribution < 1.29 is 32.5 Å². The molecule has 0 spiro atoms. The highest BCUT2D eigenvalue weighted by Crippen LogP contribution is 2.34. The minimum absolute atomic E-state index is 0.180. The van der Waals surface area contributed by atoms with Crippen LogP contribution in [0.4, 0.5) is 13.2 Å². The number of hydrogen-bond acceptors (Lipinski definition) is 4. The van der Waals surface area contributed by atoms with Crippen LogP contribution in [0, 0.1) is 0 Å². The average Bonchev–Trinajstić information content (AvgIpc) is 2.54. The van der Waals surface area contributed by atoms with Crippen molar-refractivity contribution in [3.05, 3.63) is 47.1 Å². The van der Waals surface area contributed by atoms with E-state index in [2.05, 4.69) is 4.98 Å². The molecule has 0 radical (unpaired) electrons. The Morgan fingerprint density at radius 3 is 2.36 bits per heavy atom. The summed E-state index contributed by atoms with van der Waals surface area (Å²) in [6.07, 6.45) is -4.61. The summed E-state index contributed by atoms with van der Waals surface area (Å²) in [5.74, 6) is -0.693. The van der Waals surface area contributed by atoms with E-state index in [1.807, 2.05) is 0 Å². The van der Waals surface area contributed by atoms with Crippen LogP contribution in [-0.2, 0) is 11.0 Å². The first-order chi connectivity index (χ1) is 11.7. The van der Waals surface area contributed by atoms with Crippen LogP contribution in [-0.4, -0.2) is 22.2 Å². The fourth-order valence-electron chi connectivity index (χ4n) is 1.83. The number of alkyl halides is 3. The van der Waals surface area contributed by atoms with Gasteiger partial charge in [0.05, 0.1) is 5.56 Å². The van der Waals surface area contributed by atoms with E-state index in [-0.39, 0.29) is 16.7 Å². The molecule has 0 saturated heterocycles. The Labute approximate surface area is 146 Å². The molecule has 2 rings (SSSR count). The number of hydrogen-bond donors (Lipinski definition) is 1. The number of aromatic nitrogens is 1. The molecule has 0 aliphatic rings. The fourth-order valence-corrected chi connectivity index (χ4v) is 2.03. The summed E-state index contributed by atoms with van der Waals surface area (Å²) in [5.41, 5.74) is -0.979. The Morgan fingerprint density at radius 1 is 1.28 bits per heavy atom. The summed E-state index contributed by atoms with van der Waals surface area (Å²) < 4.78 is 48.3. The quantitative estimate of drug-likeness (QED) is 0.786. The van der Waals surface area contributed by atoms with Gasteiger partial charge in [-0.1, -0.05) is 18.5 Å². The molecule has 0 amide bonds. The van der Waals surface area contributed by atoms with Crippen molar-refractivity contribution in [1.82, 2.24) is 4.98 Å².